The fraction of sp³-hybridized carbons (Fsp3) is 0.227. The second-order valence-corrected chi connectivity index (χ2v) is 7.50. The SMILES string of the molecule is OCC(O)CCCOc1nc(Oc2ccc(F)cc2F)nc2[nH]nc(-c3ccccc3Cl)c12. The van der Waals surface area contributed by atoms with E-state index in [-0.39, 0.29) is 36.5 Å². The first-order valence-electron chi connectivity index (χ1n) is 10.0. The van der Waals surface area contributed by atoms with Crippen LogP contribution in [0.25, 0.3) is 22.3 Å². The van der Waals surface area contributed by atoms with Gasteiger partial charge in [0.25, 0.3) is 0 Å². The number of aliphatic hydroxyl groups is 2. The monoisotopic (exact) mass is 476 g/mol. The number of hydrogen-bond acceptors (Lipinski definition) is 7. The molecule has 1 unspecified atom stereocenters. The van der Waals surface area contributed by atoms with Gasteiger partial charge in [-0.25, -0.2) is 8.78 Å². The molecule has 3 N–H and O–H groups in total. The van der Waals surface area contributed by atoms with Gasteiger partial charge in [0.1, 0.15) is 16.9 Å². The Morgan fingerprint density at radius 2 is 1.94 bits per heavy atom. The molecule has 0 fully saturated rings. The molecular formula is C22H19ClF2N4O4. The minimum atomic E-state index is -0.916. The molecule has 11 heteroatoms. The van der Waals surface area contributed by atoms with E-state index in [2.05, 4.69) is 20.2 Å². The lowest BCUT2D eigenvalue weighted by molar-refractivity contribution is 0.0826. The Balaban J connectivity index is 1.71. The number of hydrogen-bond donors (Lipinski definition) is 3. The summed E-state index contributed by atoms with van der Waals surface area (Å²) in [6.07, 6.45) is -0.112. The Kier molecular flexibility index (Phi) is 6.97. The van der Waals surface area contributed by atoms with Gasteiger partial charge in [0.15, 0.2) is 17.2 Å². The summed E-state index contributed by atoms with van der Waals surface area (Å²) in [6.45, 7) is -0.196. The van der Waals surface area contributed by atoms with Crippen LogP contribution < -0.4 is 9.47 Å². The third-order valence-electron chi connectivity index (χ3n) is 4.72. The number of nitrogens with zero attached hydrogens (tertiary/aromatic N) is 3. The number of aliphatic hydroxyl groups excluding tert-OH is 2. The number of nitrogens with one attached hydrogen (secondary N) is 1. The first kappa shape index (κ1) is 22.8. The number of halogens is 3. The van der Waals surface area contributed by atoms with Crippen molar-refractivity contribution in [2.75, 3.05) is 13.2 Å². The second-order valence-electron chi connectivity index (χ2n) is 7.09. The van der Waals surface area contributed by atoms with Gasteiger partial charge in [-0.15, -0.1) is 0 Å². The summed E-state index contributed by atoms with van der Waals surface area (Å²) < 4.78 is 38.5. The van der Waals surface area contributed by atoms with Gasteiger partial charge >= 0.3 is 6.01 Å². The smallest absolute Gasteiger partial charge is 0.327 e. The van der Waals surface area contributed by atoms with E-state index in [4.69, 9.17) is 26.2 Å². The highest BCUT2D eigenvalue weighted by molar-refractivity contribution is 6.33. The maximum absolute atomic E-state index is 14.0. The van der Waals surface area contributed by atoms with E-state index in [1.807, 2.05) is 0 Å². The van der Waals surface area contributed by atoms with E-state index in [9.17, 15) is 13.9 Å². The number of aromatic nitrogens is 4. The topological polar surface area (TPSA) is 113 Å². The van der Waals surface area contributed by atoms with Gasteiger partial charge in [-0.1, -0.05) is 29.8 Å². The molecule has 0 amide bonds. The Morgan fingerprint density at radius 1 is 1.12 bits per heavy atom. The molecule has 0 saturated heterocycles. The van der Waals surface area contributed by atoms with Gasteiger partial charge in [0, 0.05) is 11.6 Å². The molecule has 0 saturated carbocycles. The molecule has 0 spiro atoms. The van der Waals surface area contributed by atoms with E-state index in [1.54, 1.807) is 24.3 Å². The molecule has 8 nitrogen and oxygen atoms in total. The molecule has 0 bridgehead atoms. The van der Waals surface area contributed by atoms with Crippen molar-refractivity contribution in [3.8, 4) is 28.9 Å². The summed E-state index contributed by atoms with van der Waals surface area (Å²) >= 11 is 6.33. The molecule has 4 aromatic rings. The van der Waals surface area contributed by atoms with Crippen LogP contribution in [0.15, 0.2) is 42.5 Å². The van der Waals surface area contributed by atoms with Crippen molar-refractivity contribution in [1.29, 1.82) is 0 Å². The van der Waals surface area contributed by atoms with Gasteiger partial charge in [0.05, 0.1) is 24.3 Å². The minimum Gasteiger partial charge on any atom is -0.477 e. The van der Waals surface area contributed by atoms with Crippen molar-refractivity contribution >= 4 is 22.6 Å². The normalized spacial score (nSPS) is 12.2. The number of ether oxygens (including phenoxy) is 2. The zero-order valence-electron chi connectivity index (χ0n) is 17.1. The van der Waals surface area contributed by atoms with Crippen molar-refractivity contribution in [1.82, 2.24) is 20.2 Å². The average Bonchev–Trinajstić information content (AvgIpc) is 3.22. The maximum atomic E-state index is 14.0. The zero-order valence-corrected chi connectivity index (χ0v) is 17.9. The molecule has 2 heterocycles. The molecule has 0 aliphatic rings. The van der Waals surface area contributed by atoms with Crippen LogP contribution in [0.3, 0.4) is 0 Å². The van der Waals surface area contributed by atoms with Crippen molar-refractivity contribution in [3.63, 3.8) is 0 Å². The molecule has 4 rings (SSSR count). The highest BCUT2D eigenvalue weighted by Crippen LogP contribution is 2.37. The number of rotatable bonds is 9. The third-order valence-corrected chi connectivity index (χ3v) is 5.05. The predicted octanol–water partition coefficient (Wildman–Crippen LogP) is 4.26. The van der Waals surface area contributed by atoms with E-state index in [1.165, 1.54) is 0 Å². The summed E-state index contributed by atoms with van der Waals surface area (Å²) in [5.41, 5.74) is 1.32. The van der Waals surface area contributed by atoms with E-state index in [0.29, 0.717) is 40.6 Å². The lowest BCUT2D eigenvalue weighted by Gasteiger charge is -2.11. The largest absolute Gasteiger partial charge is 0.477 e. The van der Waals surface area contributed by atoms with E-state index < -0.39 is 17.7 Å². The lowest BCUT2D eigenvalue weighted by atomic mass is 10.1. The second kappa shape index (κ2) is 10.1. The van der Waals surface area contributed by atoms with Crippen LogP contribution in [0.4, 0.5) is 8.78 Å². The molecular weight excluding hydrogens is 458 g/mol. The van der Waals surface area contributed by atoms with Gasteiger partial charge in [0.2, 0.25) is 5.88 Å². The van der Waals surface area contributed by atoms with E-state index >= 15 is 0 Å². The van der Waals surface area contributed by atoms with Gasteiger partial charge in [-0.05, 0) is 31.0 Å². The Bertz CT molecular complexity index is 1270. The highest BCUT2D eigenvalue weighted by Gasteiger charge is 2.21. The number of aromatic amines is 1. The molecule has 2 aromatic carbocycles. The first-order valence-corrected chi connectivity index (χ1v) is 10.4. The molecule has 33 heavy (non-hydrogen) atoms. The van der Waals surface area contributed by atoms with Crippen molar-refractivity contribution in [2.24, 2.45) is 0 Å². The minimum absolute atomic E-state index is 0.0969. The van der Waals surface area contributed by atoms with Crippen molar-refractivity contribution in [3.05, 3.63) is 59.1 Å². The summed E-state index contributed by atoms with van der Waals surface area (Å²) in [6, 6.07) is 9.68. The Morgan fingerprint density at radius 3 is 2.70 bits per heavy atom. The van der Waals surface area contributed by atoms with E-state index in [0.717, 1.165) is 12.1 Å². The number of benzene rings is 2. The van der Waals surface area contributed by atoms with Crippen molar-refractivity contribution in [2.45, 2.75) is 18.9 Å². The number of H-pyrrole nitrogens is 1. The molecule has 0 radical (unpaired) electrons. The molecule has 1 atom stereocenters. The standard InChI is InChI=1S/C22H19ClF2N4O4/c23-15-6-2-1-5-14(15)19-18-20(29-28-19)26-22(33-17-8-7-12(24)10-16(17)25)27-21(18)32-9-3-4-13(31)11-30/h1-2,5-8,10,13,30-31H,3-4,9,11H2,(H,26,27,28,29). The zero-order chi connectivity index (χ0) is 23.4. The highest BCUT2D eigenvalue weighted by atomic mass is 35.5. The van der Waals surface area contributed by atoms with Crippen LogP contribution in [-0.4, -0.2) is 49.7 Å². The summed E-state index contributed by atoms with van der Waals surface area (Å²) in [4.78, 5) is 8.49. The molecule has 0 aliphatic carbocycles. The third kappa shape index (κ3) is 5.19. The average molecular weight is 477 g/mol. The Labute approximate surface area is 191 Å². The fourth-order valence-corrected chi connectivity index (χ4v) is 3.34. The van der Waals surface area contributed by atoms with Gasteiger partial charge in [-0.3, -0.25) is 5.10 Å². The molecule has 172 valence electrons. The molecule has 0 aliphatic heterocycles. The van der Waals surface area contributed by atoms with Crippen LogP contribution in [0.1, 0.15) is 12.8 Å². The van der Waals surface area contributed by atoms with Crippen LogP contribution >= 0.6 is 11.6 Å². The first-order chi connectivity index (χ1) is 16.0. The summed E-state index contributed by atoms with van der Waals surface area (Å²) in [5.74, 6) is -1.83. The molecule has 2 aromatic heterocycles. The van der Waals surface area contributed by atoms with Gasteiger partial charge in [-0.2, -0.15) is 15.1 Å². The quantitative estimate of drug-likeness (QED) is 0.309. The Hall–Kier alpha value is -3.34. The van der Waals surface area contributed by atoms with Gasteiger partial charge < -0.3 is 19.7 Å². The fourth-order valence-electron chi connectivity index (χ4n) is 3.11. The summed E-state index contributed by atoms with van der Waals surface area (Å²) in [7, 11) is 0. The predicted molar refractivity (Wildman–Crippen MR) is 116 cm³/mol. The van der Waals surface area contributed by atoms with Crippen LogP contribution in [0.2, 0.25) is 5.02 Å². The van der Waals surface area contributed by atoms with Crippen LogP contribution in [-0.2, 0) is 0 Å². The number of fused-ring (bicyclic) bond motifs is 1. The van der Waals surface area contributed by atoms with Crippen LogP contribution in [0, 0.1) is 11.6 Å². The van der Waals surface area contributed by atoms with Crippen molar-refractivity contribution < 1.29 is 28.5 Å². The maximum Gasteiger partial charge on any atom is 0.327 e. The lowest BCUT2D eigenvalue weighted by Crippen LogP contribution is -2.13. The summed E-state index contributed by atoms with van der Waals surface area (Å²) in [5, 5.41) is 26.4. The van der Waals surface area contributed by atoms with Crippen LogP contribution in [0.5, 0.6) is 17.6 Å².